The third kappa shape index (κ3) is 8.14. The lowest BCUT2D eigenvalue weighted by Crippen LogP contribution is -2.23. The van der Waals surface area contributed by atoms with Crippen LogP contribution in [0, 0.1) is 0 Å². The molecule has 0 radical (unpaired) electrons. The van der Waals surface area contributed by atoms with Gasteiger partial charge in [-0.05, 0) is 23.0 Å². The molecule has 0 aliphatic rings. The molecule has 0 unspecified atom stereocenters. The highest BCUT2D eigenvalue weighted by molar-refractivity contribution is 5.52. The predicted octanol–water partition coefficient (Wildman–Crippen LogP) is 6.03. The summed E-state index contributed by atoms with van der Waals surface area (Å²) in [6.45, 7) is 8.56. The first-order chi connectivity index (χ1) is 12.4. The topological polar surface area (TPSA) is 36.9 Å². The van der Waals surface area contributed by atoms with Gasteiger partial charge in [-0.15, -0.1) is 26.3 Å². The molecule has 0 fully saturated rings. The van der Waals surface area contributed by atoms with E-state index in [1.54, 1.807) is 41.5 Å². The number of hydrogen-bond donors (Lipinski definition) is 0. The number of rotatable bonds is 6. The molecular weight excluding hydrogens is 394 g/mol. The molecule has 0 atom stereocenters. The Morgan fingerprint density at radius 1 is 0.643 bits per heavy atom. The van der Waals surface area contributed by atoms with Crippen molar-refractivity contribution in [2.75, 3.05) is 13.6 Å². The van der Waals surface area contributed by atoms with Gasteiger partial charge in [-0.1, -0.05) is 41.5 Å². The Kier molecular flexibility index (Phi) is 7.27. The number of halogens is 6. The van der Waals surface area contributed by atoms with Crippen molar-refractivity contribution in [3.8, 4) is 11.5 Å². The minimum atomic E-state index is -4.86. The van der Waals surface area contributed by atoms with Gasteiger partial charge in [0.2, 0.25) is 0 Å². The molecule has 10 heteroatoms. The van der Waals surface area contributed by atoms with Gasteiger partial charge in [0.25, 0.3) is 0 Å². The van der Waals surface area contributed by atoms with Gasteiger partial charge in [-0.3, -0.25) is 9.47 Å². The van der Waals surface area contributed by atoms with Crippen LogP contribution >= 0.6 is 0 Å². The van der Waals surface area contributed by atoms with Crippen molar-refractivity contribution < 1.29 is 45.3 Å². The van der Waals surface area contributed by atoms with Crippen LogP contribution in [0.4, 0.5) is 26.3 Å². The molecule has 0 heterocycles. The fourth-order valence-electron chi connectivity index (χ4n) is 2.27. The van der Waals surface area contributed by atoms with Gasteiger partial charge in [0.15, 0.2) is 13.6 Å². The lowest BCUT2D eigenvalue weighted by molar-refractivity contribution is -0.342. The number of hydrogen-bond acceptors (Lipinski definition) is 4. The van der Waals surface area contributed by atoms with Crippen LogP contribution in [0.1, 0.15) is 52.7 Å². The Bertz CT molecular complexity index is 619. The summed E-state index contributed by atoms with van der Waals surface area (Å²) >= 11 is 0. The minimum Gasteiger partial charge on any atom is -0.467 e. The zero-order chi connectivity index (χ0) is 22.0. The second-order valence-electron chi connectivity index (χ2n) is 8.05. The average molecular weight is 418 g/mol. The summed E-state index contributed by atoms with van der Waals surface area (Å²) in [5.41, 5.74) is -0.323. The lowest BCUT2D eigenvalue weighted by Gasteiger charge is -2.30. The van der Waals surface area contributed by atoms with Crippen LogP contribution in [-0.2, 0) is 20.3 Å². The van der Waals surface area contributed by atoms with Crippen molar-refractivity contribution >= 4 is 0 Å². The Balaban J connectivity index is 3.31. The van der Waals surface area contributed by atoms with E-state index in [-0.39, 0.29) is 11.5 Å². The monoisotopic (exact) mass is 418 g/mol. The van der Waals surface area contributed by atoms with E-state index in [0.717, 1.165) is 0 Å². The van der Waals surface area contributed by atoms with E-state index in [0.29, 0.717) is 11.1 Å². The van der Waals surface area contributed by atoms with E-state index in [1.165, 1.54) is 12.1 Å². The van der Waals surface area contributed by atoms with E-state index in [4.69, 9.17) is 9.47 Å². The molecule has 1 aromatic carbocycles. The normalized spacial score (nSPS) is 13.6. The third-order valence-electron chi connectivity index (χ3n) is 3.55. The molecule has 4 nitrogen and oxygen atoms in total. The molecule has 0 spiro atoms. The molecule has 28 heavy (non-hydrogen) atoms. The van der Waals surface area contributed by atoms with Gasteiger partial charge in [-0.2, -0.15) is 0 Å². The molecule has 0 N–H and O–H groups in total. The SMILES string of the molecule is CC(C)(C)c1cc(OCOC(F)(F)F)cc(C(C)(C)C)c1OCOC(F)(F)F. The van der Waals surface area contributed by atoms with Crippen molar-refractivity contribution in [2.45, 2.75) is 65.1 Å². The van der Waals surface area contributed by atoms with Crippen LogP contribution in [-0.4, -0.2) is 26.3 Å². The molecule has 0 aliphatic carbocycles. The van der Waals surface area contributed by atoms with Crippen LogP contribution in [0.2, 0.25) is 0 Å². The molecular formula is C18H24F6O4. The van der Waals surface area contributed by atoms with Crippen molar-refractivity contribution in [2.24, 2.45) is 0 Å². The minimum absolute atomic E-state index is 0.0724. The summed E-state index contributed by atoms with van der Waals surface area (Å²) in [7, 11) is 0. The standard InChI is InChI=1S/C18H24F6O4/c1-15(2,3)12-7-11(25-9-27-17(19,20)21)8-13(16(4,5)6)14(12)26-10-28-18(22,23)24/h7-8H,9-10H2,1-6H3. The van der Waals surface area contributed by atoms with Gasteiger partial charge in [0, 0.05) is 11.1 Å². The molecule has 1 rings (SSSR count). The molecule has 0 bridgehead atoms. The summed E-state index contributed by atoms with van der Waals surface area (Å²) in [4.78, 5) is 0. The van der Waals surface area contributed by atoms with E-state index in [9.17, 15) is 26.3 Å². The van der Waals surface area contributed by atoms with Crippen LogP contribution in [0.5, 0.6) is 11.5 Å². The van der Waals surface area contributed by atoms with Gasteiger partial charge >= 0.3 is 12.7 Å². The summed E-state index contributed by atoms with van der Waals surface area (Å²) in [6.07, 6.45) is -9.71. The number of alkyl halides is 6. The Hall–Kier alpha value is -1.68. The second kappa shape index (κ2) is 8.36. The van der Waals surface area contributed by atoms with E-state index in [2.05, 4.69) is 9.47 Å². The summed E-state index contributed by atoms with van der Waals surface area (Å²) in [6, 6.07) is 2.83. The first-order valence-electron chi connectivity index (χ1n) is 8.26. The van der Waals surface area contributed by atoms with E-state index in [1.807, 2.05) is 0 Å². The molecule has 0 aromatic heterocycles. The fraction of sp³-hybridized carbons (Fsp3) is 0.667. The molecule has 0 aliphatic heterocycles. The van der Waals surface area contributed by atoms with Gasteiger partial charge in [-0.25, -0.2) is 0 Å². The van der Waals surface area contributed by atoms with Crippen LogP contribution in [0.25, 0.3) is 0 Å². The van der Waals surface area contributed by atoms with Gasteiger partial charge in [0.05, 0.1) is 0 Å². The summed E-state index contributed by atoms with van der Waals surface area (Å²) < 4.78 is 91.1. The largest absolute Gasteiger partial charge is 0.525 e. The van der Waals surface area contributed by atoms with Crippen molar-refractivity contribution in [1.29, 1.82) is 0 Å². The van der Waals surface area contributed by atoms with Crippen molar-refractivity contribution in [1.82, 2.24) is 0 Å². The number of benzene rings is 1. The predicted molar refractivity (Wildman–Crippen MR) is 89.1 cm³/mol. The smallest absolute Gasteiger partial charge is 0.467 e. The van der Waals surface area contributed by atoms with Gasteiger partial charge in [0.1, 0.15) is 11.5 Å². The zero-order valence-corrected chi connectivity index (χ0v) is 16.5. The van der Waals surface area contributed by atoms with E-state index >= 15 is 0 Å². The molecule has 0 amide bonds. The molecule has 0 saturated carbocycles. The van der Waals surface area contributed by atoms with Crippen molar-refractivity contribution in [3.05, 3.63) is 23.3 Å². The van der Waals surface area contributed by atoms with Crippen molar-refractivity contribution in [3.63, 3.8) is 0 Å². The highest BCUT2D eigenvalue weighted by Crippen LogP contribution is 2.42. The highest BCUT2D eigenvalue weighted by Gasteiger charge is 2.33. The average Bonchev–Trinajstić information content (AvgIpc) is 2.43. The zero-order valence-electron chi connectivity index (χ0n) is 16.5. The summed E-state index contributed by atoms with van der Waals surface area (Å²) in [5.74, 6) is 0.233. The quantitative estimate of drug-likeness (QED) is 0.418. The van der Waals surface area contributed by atoms with Crippen LogP contribution in [0.3, 0.4) is 0 Å². The van der Waals surface area contributed by atoms with Crippen LogP contribution in [0.15, 0.2) is 12.1 Å². The molecule has 1 aromatic rings. The fourth-order valence-corrected chi connectivity index (χ4v) is 2.27. The maximum Gasteiger partial charge on any atom is 0.525 e. The second-order valence-corrected chi connectivity index (χ2v) is 8.05. The maximum absolute atomic E-state index is 12.3. The summed E-state index contributed by atoms with van der Waals surface area (Å²) in [5, 5.41) is 0. The van der Waals surface area contributed by atoms with Gasteiger partial charge < -0.3 is 9.47 Å². The van der Waals surface area contributed by atoms with E-state index < -0.39 is 37.1 Å². The highest BCUT2D eigenvalue weighted by atomic mass is 19.4. The Morgan fingerprint density at radius 3 is 1.32 bits per heavy atom. The first-order valence-corrected chi connectivity index (χ1v) is 8.26. The lowest BCUT2D eigenvalue weighted by atomic mass is 9.79. The third-order valence-corrected chi connectivity index (χ3v) is 3.55. The Morgan fingerprint density at radius 2 is 1.00 bits per heavy atom. The van der Waals surface area contributed by atoms with Crippen LogP contribution < -0.4 is 9.47 Å². The Labute approximate surface area is 159 Å². The molecule has 0 saturated heterocycles. The first kappa shape index (κ1) is 24.4. The maximum atomic E-state index is 12.3. The number of ether oxygens (including phenoxy) is 4. The molecule has 162 valence electrons.